The second kappa shape index (κ2) is 7.07. The van der Waals surface area contributed by atoms with Gasteiger partial charge in [0.1, 0.15) is 11.3 Å². The zero-order valence-electron chi connectivity index (χ0n) is 16.8. The van der Waals surface area contributed by atoms with Gasteiger partial charge in [-0.25, -0.2) is 4.79 Å². The third kappa shape index (κ3) is 4.26. The molecule has 3 rings (SSSR count). The Bertz CT molecular complexity index is 811. The van der Waals surface area contributed by atoms with E-state index in [9.17, 15) is 19.7 Å². The first-order chi connectivity index (χ1) is 13.0. The van der Waals surface area contributed by atoms with Gasteiger partial charge in [0, 0.05) is 25.1 Å². The Labute approximate surface area is 164 Å². The second-order valence-corrected chi connectivity index (χ2v) is 8.76. The van der Waals surface area contributed by atoms with E-state index >= 15 is 0 Å². The number of likely N-dealkylation sites (tertiary alicyclic amines) is 1. The summed E-state index contributed by atoms with van der Waals surface area (Å²) in [5, 5.41) is 13.9. The van der Waals surface area contributed by atoms with Crippen molar-refractivity contribution in [1.29, 1.82) is 0 Å². The number of amides is 2. The lowest BCUT2D eigenvalue weighted by Crippen LogP contribution is -2.49. The number of benzene rings is 1. The molecule has 1 unspecified atom stereocenters. The molecule has 1 spiro atoms. The molecule has 1 aromatic carbocycles. The van der Waals surface area contributed by atoms with Gasteiger partial charge in [-0.1, -0.05) is 6.07 Å². The molecule has 0 radical (unpaired) electrons. The van der Waals surface area contributed by atoms with Crippen molar-refractivity contribution in [2.24, 2.45) is 0 Å². The zero-order chi connectivity index (χ0) is 20.7. The molecule has 1 aromatic rings. The number of rotatable bonds is 3. The molecule has 1 saturated heterocycles. The molecule has 1 aliphatic heterocycles. The SMILES string of the molecule is CC(=O)Nc1ccc(C2CCN(C(=O)OC(C)(C)C)C3(CC3)C2)cc1[N+](=O)[O-]. The van der Waals surface area contributed by atoms with E-state index in [1.165, 1.54) is 6.92 Å². The molecule has 2 amide bonds. The summed E-state index contributed by atoms with van der Waals surface area (Å²) >= 11 is 0. The average molecular weight is 389 g/mol. The number of carbonyl (C=O) groups excluding carboxylic acids is 2. The number of nitrogens with zero attached hydrogens (tertiary/aromatic N) is 2. The topological polar surface area (TPSA) is 102 Å². The number of hydrogen-bond donors (Lipinski definition) is 1. The van der Waals surface area contributed by atoms with Gasteiger partial charge in [0.25, 0.3) is 5.69 Å². The van der Waals surface area contributed by atoms with Crippen LogP contribution < -0.4 is 5.32 Å². The lowest BCUT2D eigenvalue weighted by Gasteiger charge is -2.40. The highest BCUT2D eigenvalue weighted by atomic mass is 16.6. The van der Waals surface area contributed by atoms with Gasteiger partial charge in [0.2, 0.25) is 5.91 Å². The minimum atomic E-state index is -0.538. The Balaban J connectivity index is 1.78. The van der Waals surface area contributed by atoms with E-state index in [1.807, 2.05) is 31.7 Å². The van der Waals surface area contributed by atoms with E-state index in [-0.39, 0.29) is 34.8 Å². The molecule has 2 fully saturated rings. The number of anilines is 1. The number of ether oxygens (including phenoxy) is 1. The quantitative estimate of drug-likeness (QED) is 0.616. The summed E-state index contributed by atoms with van der Waals surface area (Å²) in [5.41, 5.74) is 0.233. The first-order valence-corrected chi connectivity index (χ1v) is 9.57. The Morgan fingerprint density at radius 1 is 1.32 bits per heavy atom. The normalized spacial score (nSPS) is 20.6. The van der Waals surface area contributed by atoms with Crippen molar-refractivity contribution < 1.29 is 19.2 Å². The monoisotopic (exact) mass is 389 g/mol. The highest BCUT2D eigenvalue weighted by molar-refractivity contribution is 5.91. The van der Waals surface area contributed by atoms with Crippen LogP contribution in [-0.2, 0) is 9.53 Å². The predicted octanol–water partition coefficient (Wildman–Crippen LogP) is 4.20. The van der Waals surface area contributed by atoms with E-state index in [0.717, 1.165) is 31.2 Å². The largest absolute Gasteiger partial charge is 0.444 e. The van der Waals surface area contributed by atoms with E-state index in [1.54, 1.807) is 12.1 Å². The summed E-state index contributed by atoms with van der Waals surface area (Å²) in [6, 6.07) is 4.98. The van der Waals surface area contributed by atoms with Crippen molar-refractivity contribution in [2.45, 2.75) is 70.4 Å². The molecule has 1 aliphatic carbocycles. The molecule has 1 saturated carbocycles. The van der Waals surface area contributed by atoms with Gasteiger partial charge in [-0.15, -0.1) is 0 Å². The fourth-order valence-corrected chi connectivity index (χ4v) is 3.95. The number of piperidine rings is 1. The summed E-state index contributed by atoms with van der Waals surface area (Å²) in [6.07, 6.45) is 3.06. The lowest BCUT2D eigenvalue weighted by molar-refractivity contribution is -0.384. The van der Waals surface area contributed by atoms with E-state index in [2.05, 4.69) is 5.32 Å². The molecular formula is C20H27N3O5. The van der Waals surface area contributed by atoms with E-state index in [0.29, 0.717) is 6.54 Å². The summed E-state index contributed by atoms with van der Waals surface area (Å²) < 4.78 is 5.55. The fourth-order valence-electron chi connectivity index (χ4n) is 3.95. The van der Waals surface area contributed by atoms with Crippen LogP contribution in [0.4, 0.5) is 16.2 Å². The minimum absolute atomic E-state index is 0.105. The Hall–Kier alpha value is -2.64. The van der Waals surface area contributed by atoms with Gasteiger partial charge < -0.3 is 15.0 Å². The van der Waals surface area contributed by atoms with Crippen LogP contribution in [-0.4, -0.2) is 39.5 Å². The molecule has 0 aromatic heterocycles. The van der Waals surface area contributed by atoms with Crippen LogP contribution in [0.25, 0.3) is 0 Å². The molecule has 28 heavy (non-hydrogen) atoms. The average Bonchev–Trinajstić information content (AvgIpc) is 3.32. The first-order valence-electron chi connectivity index (χ1n) is 9.57. The molecule has 0 bridgehead atoms. The van der Waals surface area contributed by atoms with Crippen molar-refractivity contribution in [2.75, 3.05) is 11.9 Å². The highest BCUT2D eigenvalue weighted by Gasteiger charge is 2.54. The summed E-state index contributed by atoms with van der Waals surface area (Å²) in [4.78, 5) is 36.7. The number of hydrogen-bond acceptors (Lipinski definition) is 5. The van der Waals surface area contributed by atoms with Gasteiger partial charge in [-0.3, -0.25) is 14.9 Å². The van der Waals surface area contributed by atoms with Crippen LogP contribution in [0.2, 0.25) is 0 Å². The Kier molecular flexibility index (Phi) is 5.08. The first kappa shape index (κ1) is 20.1. The Morgan fingerprint density at radius 2 is 2.00 bits per heavy atom. The third-order valence-corrected chi connectivity index (χ3v) is 5.34. The van der Waals surface area contributed by atoms with Crippen LogP contribution in [0.15, 0.2) is 18.2 Å². The standard InChI is InChI=1S/C20H27N3O5/c1-13(24)21-16-6-5-14(11-17(16)23(26)27)15-7-10-22(20(12-15)8-9-20)18(25)28-19(2,3)4/h5-6,11,15H,7-10,12H2,1-4H3,(H,21,24). The predicted molar refractivity (Wildman–Crippen MR) is 104 cm³/mol. The summed E-state index contributed by atoms with van der Waals surface area (Å²) in [6.45, 7) is 7.45. The van der Waals surface area contributed by atoms with Crippen molar-refractivity contribution in [3.8, 4) is 0 Å². The number of nitro benzene ring substituents is 1. The Morgan fingerprint density at radius 3 is 2.54 bits per heavy atom. The van der Waals surface area contributed by atoms with Crippen molar-refractivity contribution in [1.82, 2.24) is 4.90 Å². The smallest absolute Gasteiger partial charge is 0.410 e. The molecule has 152 valence electrons. The van der Waals surface area contributed by atoms with Gasteiger partial charge in [-0.2, -0.15) is 0 Å². The van der Waals surface area contributed by atoms with Crippen LogP contribution in [0.3, 0.4) is 0 Å². The van der Waals surface area contributed by atoms with Crippen molar-refractivity contribution in [3.05, 3.63) is 33.9 Å². The summed E-state index contributed by atoms with van der Waals surface area (Å²) in [7, 11) is 0. The molecule has 1 heterocycles. The molecule has 8 heteroatoms. The van der Waals surface area contributed by atoms with Crippen LogP contribution in [0.1, 0.15) is 64.9 Å². The van der Waals surface area contributed by atoms with Crippen molar-refractivity contribution >= 4 is 23.4 Å². The maximum atomic E-state index is 12.6. The van der Waals surface area contributed by atoms with E-state index < -0.39 is 10.5 Å². The van der Waals surface area contributed by atoms with Gasteiger partial charge in [-0.05, 0) is 64.0 Å². The fraction of sp³-hybridized carbons (Fsp3) is 0.600. The van der Waals surface area contributed by atoms with E-state index in [4.69, 9.17) is 4.74 Å². The highest BCUT2D eigenvalue weighted by Crippen LogP contribution is 2.53. The van der Waals surface area contributed by atoms with Gasteiger partial charge >= 0.3 is 6.09 Å². The number of nitro groups is 1. The maximum absolute atomic E-state index is 12.6. The third-order valence-electron chi connectivity index (χ3n) is 5.34. The number of carbonyl (C=O) groups is 2. The summed E-state index contributed by atoms with van der Waals surface area (Å²) in [5.74, 6) is -0.218. The van der Waals surface area contributed by atoms with Crippen LogP contribution in [0, 0.1) is 10.1 Å². The van der Waals surface area contributed by atoms with Crippen molar-refractivity contribution in [3.63, 3.8) is 0 Å². The lowest BCUT2D eigenvalue weighted by atomic mass is 9.83. The maximum Gasteiger partial charge on any atom is 0.410 e. The van der Waals surface area contributed by atoms with Crippen LogP contribution >= 0.6 is 0 Å². The molecule has 1 atom stereocenters. The molecule has 8 nitrogen and oxygen atoms in total. The molecule has 1 N–H and O–H groups in total. The molecular weight excluding hydrogens is 362 g/mol. The minimum Gasteiger partial charge on any atom is -0.444 e. The second-order valence-electron chi connectivity index (χ2n) is 8.76. The zero-order valence-corrected chi connectivity index (χ0v) is 16.8. The van der Waals surface area contributed by atoms with Crippen LogP contribution in [0.5, 0.6) is 0 Å². The van der Waals surface area contributed by atoms with Gasteiger partial charge in [0.15, 0.2) is 0 Å². The molecule has 2 aliphatic rings. The number of nitrogens with one attached hydrogen (secondary N) is 1. The van der Waals surface area contributed by atoms with Gasteiger partial charge in [0.05, 0.1) is 4.92 Å².